The monoisotopic (exact) mass is 435 g/mol. The van der Waals surface area contributed by atoms with Gasteiger partial charge in [0.05, 0.1) is 5.71 Å². The maximum atomic E-state index is 12.3. The Morgan fingerprint density at radius 3 is 2.14 bits per heavy atom. The SMILES string of the molecule is C/C(=N\NC(=O)c1ccc(Br)cc1)c1cccc(NC(=O)c2ccccc2)c1. The molecule has 0 spiro atoms. The largest absolute Gasteiger partial charge is 0.322 e. The molecule has 0 saturated heterocycles. The summed E-state index contributed by atoms with van der Waals surface area (Å²) in [6, 6.07) is 23.3. The van der Waals surface area contributed by atoms with E-state index >= 15 is 0 Å². The smallest absolute Gasteiger partial charge is 0.271 e. The van der Waals surface area contributed by atoms with Crippen molar-refractivity contribution in [3.05, 3.63) is 100 Å². The molecule has 0 aliphatic carbocycles. The quantitative estimate of drug-likeness (QED) is 0.443. The van der Waals surface area contributed by atoms with Crippen molar-refractivity contribution in [3.8, 4) is 0 Å². The predicted octanol–water partition coefficient (Wildman–Crippen LogP) is 4.86. The molecule has 6 heteroatoms. The number of rotatable bonds is 5. The summed E-state index contributed by atoms with van der Waals surface area (Å²) in [5, 5.41) is 7.03. The molecule has 5 nitrogen and oxygen atoms in total. The Bertz CT molecular complexity index is 1020. The van der Waals surface area contributed by atoms with Crippen LogP contribution in [0.3, 0.4) is 0 Å². The summed E-state index contributed by atoms with van der Waals surface area (Å²) in [4.78, 5) is 24.5. The number of hydrogen-bond acceptors (Lipinski definition) is 3. The first-order valence-corrected chi connectivity index (χ1v) is 9.39. The highest BCUT2D eigenvalue weighted by Crippen LogP contribution is 2.14. The predicted molar refractivity (Wildman–Crippen MR) is 115 cm³/mol. The molecule has 0 saturated carbocycles. The average Bonchev–Trinajstić information content (AvgIpc) is 2.73. The van der Waals surface area contributed by atoms with E-state index in [2.05, 4.69) is 31.8 Å². The Morgan fingerprint density at radius 2 is 1.43 bits per heavy atom. The minimum atomic E-state index is -0.291. The van der Waals surface area contributed by atoms with Crippen LogP contribution < -0.4 is 10.7 Å². The van der Waals surface area contributed by atoms with Gasteiger partial charge in [-0.3, -0.25) is 9.59 Å². The highest BCUT2D eigenvalue weighted by molar-refractivity contribution is 9.10. The molecule has 0 aliphatic heterocycles. The van der Waals surface area contributed by atoms with Gasteiger partial charge >= 0.3 is 0 Å². The van der Waals surface area contributed by atoms with Crippen LogP contribution in [0.5, 0.6) is 0 Å². The fourth-order valence-electron chi connectivity index (χ4n) is 2.48. The molecule has 0 unspecified atom stereocenters. The van der Waals surface area contributed by atoms with Crippen molar-refractivity contribution in [2.45, 2.75) is 6.92 Å². The van der Waals surface area contributed by atoms with Crippen LogP contribution in [-0.2, 0) is 0 Å². The summed E-state index contributed by atoms with van der Waals surface area (Å²) < 4.78 is 0.901. The number of anilines is 1. The number of hydrogen-bond donors (Lipinski definition) is 2. The van der Waals surface area contributed by atoms with Gasteiger partial charge in [0.25, 0.3) is 11.8 Å². The van der Waals surface area contributed by atoms with Crippen molar-refractivity contribution in [2.24, 2.45) is 5.10 Å². The van der Waals surface area contributed by atoms with Crippen LogP contribution >= 0.6 is 15.9 Å². The van der Waals surface area contributed by atoms with Crippen molar-refractivity contribution < 1.29 is 9.59 Å². The second-order valence-corrected chi connectivity index (χ2v) is 6.96. The number of hydrazone groups is 1. The molecule has 3 aromatic rings. The first kappa shape index (κ1) is 19.5. The minimum absolute atomic E-state index is 0.184. The van der Waals surface area contributed by atoms with Crippen molar-refractivity contribution >= 4 is 39.1 Å². The second-order valence-electron chi connectivity index (χ2n) is 6.05. The van der Waals surface area contributed by atoms with Crippen molar-refractivity contribution in [2.75, 3.05) is 5.32 Å². The second kappa shape index (κ2) is 9.10. The molecule has 0 aromatic heterocycles. The van der Waals surface area contributed by atoms with Gasteiger partial charge in [0, 0.05) is 21.3 Å². The molecular formula is C22H18BrN3O2. The maximum Gasteiger partial charge on any atom is 0.271 e. The number of amides is 2. The number of nitrogens with one attached hydrogen (secondary N) is 2. The first-order valence-electron chi connectivity index (χ1n) is 8.60. The van der Waals surface area contributed by atoms with Gasteiger partial charge < -0.3 is 5.32 Å². The van der Waals surface area contributed by atoms with Crippen molar-refractivity contribution in [1.29, 1.82) is 0 Å². The fraction of sp³-hybridized carbons (Fsp3) is 0.0455. The zero-order valence-electron chi connectivity index (χ0n) is 15.1. The van der Waals surface area contributed by atoms with Crippen LogP contribution in [0.1, 0.15) is 33.2 Å². The topological polar surface area (TPSA) is 70.6 Å². The van der Waals surface area contributed by atoms with E-state index < -0.39 is 0 Å². The zero-order chi connectivity index (χ0) is 19.9. The van der Waals surface area contributed by atoms with E-state index in [-0.39, 0.29) is 11.8 Å². The van der Waals surface area contributed by atoms with Gasteiger partial charge in [-0.25, -0.2) is 5.43 Å². The van der Waals surface area contributed by atoms with Gasteiger partial charge in [0.15, 0.2) is 0 Å². The first-order chi connectivity index (χ1) is 13.5. The third-order valence-electron chi connectivity index (χ3n) is 4.01. The van der Waals surface area contributed by atoms with E-state index in [4.69, 9.17) is 0 Å². The molecule has 0 heterocycles. The number of halogens is 1. The molecule has 0 fully saturated rings. The standard InChI is InChI=1S/C22H18BrN3O2/c1-15(25-26-22(28)17-10-12-19(23)13-11-17)18-8-5-9-20(14-18)24-21(27)16-6-3-2-4-7-16/h2-14H,1H3,(H,24,27)(H,26,28)/b25-15+. The van der Waals surface area contributed by atoms with Crippen LogP contribution in [-0.4, -0.2) is 17.5 Å². The van der Waals surface area contributed by atoms with Gasteiger partial charge in [-0.1, -0.05) is 46.3 Å². The molecule has 2 amide bonds. The number of nitrogens with zero attached hydrogens (tertiary/aromatic N) is 1. The summed E-state index contributed by atoms with van der Waals surface area (Å²) in [5.74, 6) is -0.476. The Hall–Kier alpha value is -3.25. The number of carbonyl (C=O) groups is 2. The van der Waals surface area contributed by atoms with E-state index in [1.54, 1.807) is 49.4 Å². The minimum Gasteiger partial charge on any atom is -0.322 e. The highest BCUT2D eigenvalue weighted by Gasteiger charge is 2.07. The van der Waals surface area contributed by atoms with Crippen LogP contribution in [0.2, 0.25) is 0 Å². The molecule has 3 aromatic carbocycles. The van der Waals surface area contributed by atoms with Crippen molar-refractivity contribution in [1.82, 2.24) is 5.43 Å². The summed E-state index contributed by atoms with van der Waals surface area (Å²) in [5.41, 5.74) is 5.72. The molecular weight excluding hydrogens is 418 g/mol. The van der Waals surface area contributed by atoms with Gasteiger partial charge in [-0.15, -0.1) is 0 Å². The molecule has 0 radical (unpaired) electrons. The Kier molecular flexibility index (Phi) is 6.34. The summed E-state index contributed by atoms with van der Waals surface area (Å²) in [6.07, 6.45) is 0. The van der Waals surface area contributed by atoms with Gasteiger partial charge in [-0.2, -0.15) is 5.10 Å². The lowest BCUT2D eigenvalue weighted by molar-refractivity contribution is 0.0954. The summed E-state index contributed by atoms with van der Waals surface area (Å²) >= 11 is 3.34. The van der Waals surface area contributed by atoms with Gasteiger partial charge in [-0.05, 0) is 61.0 Å². The summed E-state index contributed by atoms with van der Waals surface area (Å²) in [7, 11) is 0. The average molecular weight is 436 g/mol. The lowest BCUT2D eigenvalue weighted by Gasteiger charge is -2.08. The lowest BCUT2D eigenvalue weighted by atomic mass is 10.1. The fourth-order valence-corrected chi connectivity index (χ4v) is 2.74. The Balaban J connectivity index is 1.68. The zero-order valence-corrected chi connectivity index (χ0v) is 16.7. The normalized spacial score (nSPS) is 11.0. The van der Waals surface area contributed by atoms with E-state index in [1.807, 2.05) is 36.4 Å². The van der Waals surface area contributed by atoms with E-state index in [1.165, 1.54) is 0 Å². The third kappa shape index (κ3) is 5.14. The molecule has 0 bridgehead atoms. The van der Waals surface area contributed by atoms with Crippen LogP contribution in [0, 0.1) is 0 Å². The Morgan fingerprint density at radius 1 is 0.786 bits per heavy atom. The van der Waals surface area contributed by atoms with Gasteiger partial charge in [0.1, 0.15) is 0 Å². The van der Waals surface area contributed by atoms with Crippen LogP contribution in [0.15, 0.2) is 88.4 Å². The number of carbonyl (C=O) groups excluding carboxylic acids is 2. The van der Waals surface area contributed by atoms with Crippen LogP contribution in [0.4, 0.5) is 5.69 Å². The molecule has 28 heavy (non-hydrogen) atoms. The van der Waals surface area contributed by atoms with E-state index in [9.17, 15) is 9.59 Å². The maximum absolute atomic E-state index is 12.3. The molecule has 3 rings (SSSR count). The highest BCUT2D eigenvalue weighted by atomic mass is 79.9. The van der Waals surface area contributed by atoms with Crippen molar-refractivity contribution in [3.63, 3.8) is 0 Å². The molecule has 0 aliphatic rings. The van der Waals surface area contributed by atoms with E-state index in [0.717, 1.165) is 10.0 Å². The van der Waals surface area contributed by atoms with E-state index in [0.29, 0.717) is 22.5 Å². The lowest BCUT2D eigenvalue weighted by Crippen LogP contribution is -2.19. The van der Waals surface area contributed by atoms with Crippen LogP contribution in [0.25, 0.3) is 0 Å². The summed E-state index contributed by atoms with van der Waals surface area (Å²) in [6.45, 7) is 1.79. The third-order valence-corrected chi connectivity index (χ3v) is 4.53. The number of benzene rings is 3. The molecule has 140 valence electrons. The Labute approximate surface area is 171 Å². The van der Waals surface area contributed by atoms with Gasteiger partial charge in [0.2, 0.25) is 0 Å². The molecule has 2 N–H and O–H groups in total. The molecule has 0 atom stereocenters.